The summed E-state index contributed by atoms with van der Waals surface area (Å²) < 4.78 is 25.4. The number of morpholine rings is 1. The molecular formula is C16H21FN2O2. The molecule has 1 saturated heterocycles. The van der Waals surface area contributed by atoms with Crippen molar-refractivity contribution in [3.8, 4) is 5.88 Å². The lowest BCUT2D eigenvalue weighted by atomic mass is 10.1. The van der Waals surface area contributed by atoms with Gasteiger partial charge in [0.25, 0.3) is 5.88 Å². The fraction of sp³-hybridized carbons (Fsp3) is 0.688. The van der Waals surface area contributed by atoms with Crippen LogP contribution in [-0.2, 0) is 4.74 Å². The van der Waals surface area contributed by atoms with Gasteiger partial charge in [0.1, 0.15) is 12.2 Å². The third-order valence-electron chi connectivity index (χ3n) is 4.83. The Morgan fingerprint density at radius 3 is 3.05 bits per heavy atom. The molecule has 0 amide bonds. The first-order valence-corrected chi connectivity index (χ1v) is 7.94. The molecule has 2 aliphatic carbocycles. The highest BCUT2D eigenvalue weighted by atomic mass is 19.1. The standard InChI is InChI=1S/C16H21FN2O2/c17-12-2-1-7-18-16(12)21-14-6-5-13-15(14)20-9-8-19(13)10-11-3-4-11/h1-2,7,11,13-15H,3-6,8-10H2/t13-,14+,15+/m0/s1. The number of hydrogen-bond acceptors (Lipinski definition) is 4. The second kappa shape index (κ2) is 5.54. The van der Waals surface area contributed by atoms with Crippen LogP contribution in [0.25, 0.3) is 0 Å². The summed E-state index contributed by atoms with van der Waals surface area (Å²) in [6.07, 6.45) is 6.25. The van der Waals surface area contributed by atoms with E-state index >= 15 is 0 Å². The van der Waals surface area contributed by atoms with Crippen LogP contribution in [0.3, 0.4) is 0 Å². The van der Waals surface area contributed by atoms with Crippen molar-refractivity contribution >= 4 is 0 Å². The van der Waals surface area contributed by atoms with Crippen LogP contribution in [0.5, 0.6) is 5.88 Å². The van der Waals surface area contributed by atoms with E-state index in [0.717, 1.165) is 31.9 Å². The molecule has 4 rings (SSSR count). The van der Waals surface area contributed by atoms with Crippen molar-refractivity contribution in [2.45, 2.75) is 43.9 Å². The van der Waals surface area contributed by atoms with Gasteiger partial charge in [-0.1, -0.05) is 0 Å². The topological polar surface area (TPSA) is 34.6 Å². The maximum absolute atomic E-state index is 13.7. The summed E-state index contributed by atoms with van der Waals surface area (Å²) in [5.41, 5.74) is 0. The first-order chi connectivity index (χ1) is 10.3. The summed E-state index contributed by atoms with van der Waals surface area (Å²) in [5.74, 6) is 0.592. The fourth-order valence-electron chi connectivity index (χ4n) is 3.58. The molecular weight excluding hydrogens is 271 g/mol. The van der Waals surface area contributed by atoms with E-state index in [2.05, 4.69) is 9.88 Å². The lowest BCUT2D eigenvalue weighted by Crippen LogP contribution is -2.52. The number of pyridine rings is 1. The average molecular weight is 292 g/mol. The summed E-state index contributed by atoms with van der Waals surface area (Å²) >= 11 is 0. The molecule has 3 fully saturated rings. The van der Waals surface area contributed by atoms with Crippen LogP contribution in [0.1, 0.15) is 25.7 Å². The first-order valence-electron chi connectivity index (χ1n) is 7.94. The highest BCUT2D eigenvalue weighted by molar-refractivity contribution is 5.14. The van der Waals surface area contributed by atoms with Crippen molar-refractivity contribution in [3.63, 3.8) is 0 Å². The number of aromatic nitrogens is 1. The van der Waals surface area contributed by atoms with Crippen LogP contribution in [0, 0.1) is 11.7 Å². The highest BCUT2D eigenvalue weighted by Crippen LogP contribution is 2.36. The molecule has 0 spiro atoms. The van der Waals surface area contributed by atoms with Gasteiger partial charge in [-0.05, 0) is 43.7 Å². The Kier molecular flexibility index (Phi) is 3.55. The van der Waals surface area contributed by atoms with E-state index < -0.39 is 5.82 Å². The lowest BCUT2D eigenvalue weighted by Gasteiger charge is -2.39. The molecule has 0 radical (unpaired) electrons. The second-order valence-electron chi connectivity index (χ2n) is 6.37. The van der Waals surface area contributed by atoms with Gasteiger partial charge in [-0.2, -0.15) is 0 Å². The van der Waals surface area contributed by atoms with E-state index in [1.807, 2.05) is 0 Å². The third kappa shape index (κ3) is 2.77. The molecule has 0 N–H and O–H groups in total. The largest absolute Gasteiger partial charge is 0.469 e. The monoisotopic (exact) mass is 292 g/mol. The molecule has 4 nitrogen and oxygen atoms in total. The molecule has 21 heavy (non-hydrogen) atoms. The van der Waals surface area contributed by atoms with Crippen LogP contribution >= 0.6 is 0 Å². The van der Waals surface area contributed by atoms with Crippen molar-refractivity contribution < 1.29 is 13.9 Å². The van der Waals surface area contributed by atoms with Gasteiger partial charge in [-0.25, -0.2) is 9.37 Å². The van der Waals surface area contributed by atoms with Crippen molar-refractivity contribution in [1.29, 1.82) is 0 Å². The maximum atomic E-state index is 13.7. The molecule has 3 atom stereocenters. The average Bonchev–Trinajstić information content (AvgIpc) is 3.21. The van der Waals surface area contributed by atoms with Gasteiger partial charge in [0.05, 0.1) is 6.61 Å². The smallest absolute Gasteiger partial charge is 0.250 e. The molecule has 2 saturated carbocycles. The quantitative estimate of drug-likeness (QED) is 0.852. The van der Waals surface area contributed by atoms with Gasteiger partial charge >= 0.3 is 0 Å². The summed E-state index contributed by atoms with van der Waals surface area (Å²) in [4.78, 5) is 6.55. The van der Waals surface area contributed by atoms with E-state index in [1.165, 1.54) is 25.5 Å². The SMILES string of the molecule is Fc1cccnc1O[C@@H]1CC[C@H]2[C@H]1OCCN2CC1CC1. The fourth-order valence-corrected chi connectivity index (χ4v) is 3.58. The second-order valence-corrected chi connectivity index (χ2v) is 6.37. The van der Waals surface area contributed by atoms with Gasteiger partial charge in [0, 0.05) is 25.3 Å². The van der Waals surface area contributed by atoms with Crippen molar-refractivity contribution in [2.24, 2.45) is 5.92 Å². The minimum absolute atomic E-state index is 0.0545. The van der Waals surface area contributed by atoms with Gasteiger partial charge in [0.15, 0.2) is 5.82 Å². The third-order valence-corrected chi connectivity index (χ3v) is 4.83. The van der Waals surface area contributed by atoms with E-state index in [0.29, 0.717) is 6.04 Å². The van der Waals surface area contributed by atoms with E-state index in [1.54, 1.807) is 12.3 Å². The van der Waals surface area contributed by atoms with Gasteiger partial charge < -0.3 is 9.47 Å². The van der Waals surface area contributed by atoms with Gasteiger partial charge in [-0.3, -0.25) is 4.90 Å². The zero-order valence-electron chi connectivity index (χ0n) is 12.1. The van der Waals surface area contributed by atoms with Crippen LogP contribution in [-0.4, -0.2) is 47.8 Å². The van der Waals surface area contributed by atoms with Crippen molar-refractivity contribution in [3.05, 3.63) is 24.1 Å². The Bertz CT molecular complexity index is 509. The Balaban J connectivity index is 1.44. The van der Waals surface area contributed by atoms with E-state index in [-0.39, 0.29) is 18.1 Å². The van der Waals surface area contributed by atoms with Crippen LogP contribution in [0.2, 0.25) is 0 Å². The summed E-state index contributed by atoms with van der Waals surface area (Å²) in [5, 5.41) is 0. The predicted molar refractivity (Wildman–Crippen MR) is 75.7 cm³/mol. The number of ether oxygens (including phenoxy) is 2. The zero-order chi connectivity index (χ0) is 14.2. The van der Waals surface area contributed by atoms with E-state index in [9.17, 15) is 4.39 Å². The molecule has 0 aromatic carbocycles. The number of rotatable bonds is 4. The summed E-state index contributed by atoms with van der Waals surface area (Å²) in [7, 11) is 0. The number of fused-ring (bicyclic) bond motifs is 1. The zero-order valence-corrected chi connectivity index (χ0v) is 12.1. The first kappa shape index (κ1) is 13.5. The molecule has 3 aliphatic rings. The van der Waals surface area contributed by atoms with Crippen LogP contribution in [0.15, 0.2) is 18.3 Å². The van der Waals surface area contributed by atoms with Crippen LogP contribution in [0.4, 0.5) is 4.39 Å². The molecule has 1 aromatic rings. The summed E-state index contributed by atoms with van der Waals surface area (Å²) in [6, 6.07) is 3.39. The van der Waals surface area contributed by atoms with Crippen molar-refractivity contribution in [2.75, 3.05) is 19.7 Å². The number of halogens is 1. The Morgan fingerprint density at radius 1 is 1.33 bits per heavy atom. The van der Waals surface area contributed by atoms with Gasteiger partial charge in [0.2, 0.25) is 0 Å². The lowest BCUT2D eigenvalue weighted by molar-refractivity contribution is -0.0911. The molecule has 0 unspecified atom stereocenters. The highest BCUT2D eigenvalue weighted by Gasteiger charge is 2.45. The normalized spacial score (nSPS) is 32.9. The summed E-state index contributed by atoms with van der Waals surface area (Å²) in [6.45, 7) is 2.95. The minimum Gasteiger partial charge on any atom is -0.469 e. The molecule has 0 bridgehead atoms. The number of nitrogens with zero attached hydrogens (tertiary/aromatic N) is 2. The number of hydrogen-bond donors (Lipinski definition) is 0. The molecule has 5 heteroatoms. The molecule has 114 valence electrons. The Labute approximate surface area is 124 Å². The predicted octanol–water partition coefficient (Wildman–Crippen LogP) is 2.24. The van der Waals surface area contributed by atoms with Crippen LogP contribution < -0.4 is 4.74 Å². The molecule has 1 aliphatic heterocycles. The van der Waals surface area contributed by atoms with E-state index in [4.69, 9.17) is 9.47 Å². The van der Waals surface area contributed by atoms with Crippen molar-refractivity contribution in [1.82, 2.24) is 9.88 Å². The molecule has 1 aromatic heterocycles. The maximum Gasteiger partial charge on any atom is 0.250 e. The Hall–Kier alpha value is -1.20. The minimum atomic E-state index is -0.397. The van der Waals surface area contributed by atoms with Gasteiger partial charge in [-0.15, -0.1) is 0 Å². The molecule has 2 heterocycles. The Morgan fingerprint density at radius 2 is 2.24 bits per heavy atom.